The fourth-order valence-corrected chi connectivity index (χ4v) is 7.88. The third-order valence-corrected chi connectivity index (χ3v) is 11.0. The Morgan fingerprint density at radius 3 is 2.19 bits per heavy atom. The van der Waals surface area contributed by atoms with Crippen LogP contribution >= 0.6 is 23.2 Å². The zero-order valence-corrected chi connectivity index (χ0v) is 28.9. The normalized spacial score (nSPS) is 14.0. The molecule has 1 aliphatic rings. The smallest absolute Gasteiger partial charge is 0.264 e. The Morgan fingerprint density at radius 2 is 1.53 bits per heavy atom. The van der Waals surface area contributed by atoms with Gasteiger partial charge in [0, 0.05) is 29.1 Å². The van der Waals surface area contributed by atoms with Crippen molar-refractivity contribution in [3.05, 3.63) is 129 Å². The molecule has 0 saturated heterocycles. The van der Waals surface area contributed by atoms with E-state index in [-0.39, 0.29) is 29.8 Å². The maximum atomic E-state index is 14.7. The minimum atomic E-state index is -4.22. The van der Waals surface area contributed by atoms with E-state index in [1.807, 2.05) is 43.3 Å². The van der Waals surface area contributed by atoms with Crippen molar-refractivity contribution >= 4 is 50.7 Å². The molecule has 1 saturated carbocycles. The van der Waals surface area contributed by atoms with E-state index in [1.165, 1.54) is 17.0 Å². The third-order valence-electron chi connectivity index (χ3n) is 8.59. The quantitative estimate of drug-likeness (QED) is 0.167. The molecule has 0 spiro atoms. The molecule has 246 valence electrons. The number of carbonyl (C=O) groups is 2. The fraction of sp³-hybridized carbons (Fsp3) is 0.297. The van der Waals surface area contributed by atoms with Crippen molar-refractivity contribution in [2.45, 2.75) is 69.5 Å². The van der Waals surface area contributed by atoms with Gasteiger partial charge in [-0.1, -0.05) is 102 Å². The van der Waals surface area contributed by atoms with Gasteiger partial charge in [0.15, 0.2) is 0 Å². The van der Waals surface area contributed by atoms with Crippen molar-refractivity contribution < 1.29 is 18.0 Å². The number of rotatable bonds is 12. The first-order valence-corrected chi connectivity index (χ1v) is 18.0. The van der Waals surface area contributed by atoms with Crippen LogP contribution in [0.3, 0.4) is 0 Å². The Bertz CT molecular complexity index is 1810. The van der Waals surface area contributed by atoms with Gasteiger partial charge in [0.25, 0.3) is 10.0 Å². The van der Waals surface area contributed by atoms with Crippen molar-refractivity contribution in [1.29, 1.82) is 0 Å². The molecular weight excluding hydrogens is 653 g/mol. The van der Waals surface area contributed by atoms with Gasteiger partial charge in [-0.15, -0.1) is 0 Å². The van der Waals surface area contributed by atoms with Gasteiger partial charge >= 0.3 is 0 Å². The predicted molar refractivity (Wildman–Crippen MR) is 188 cm³/mol. The van der Waals surface area contributed by atoms with E-state index in [0.29, 0.717) is 26.9 Å². The Hall–Kier alpha value is -3.85. The summed E-state index contributed by atoms with van der Waals surface area (Å²) < 4.78 is 29.7. The monoisotopic (exact) mass is 691 g/mol. The van der Waals surface area contributed by atoms with Crippen LogP contribution in [0.15, 0.2) is 102 Å². The van der Waals surface area contributed by atoms with Crippen LogP contribution in [0.1, 0.15) is 47.9 Å². The standard InChI is InChI=1S/C37H39Cl2N3O4S/c1-26-16-19-32(20-17-26)47(45,46)42(34-21-18-30(38)22-27(34)2)25-36(43)41(24-29-12-6-9-15-33(29)39)35(23-28-10-4-3-5-11-28)37(44)40-31-13-7-8-14-31/h3-6,9-12,15-22,31,35H,7-8,13-14,23-25H2,1-2H3,(H,40,44). The molecular formula is C37H39Cl2N3O4S. The molecule has 7 nitrogen and oxygen atoms in total. The van der Waals surface area contributed by atoms with Gasteiger partial charge in [-0.05, 0) is 79.8 Å². The summed E-state index contributed by atoms with van der Waals surface area (Å²) in [5.74, 6) is -0.825. The molecule has 0 heterocycles. The first-order valence-electron chi connectivity index (χ1n) is 15.8. The molecule has 1 aliphatic carbocycles. The molecule has 4 aromatic rings. The molecule has 1 fully saturated rings. The maximum Gasteiger partial charge on any atom is 0.264 e. The van der Waals surface area contributed by atoms with Gasteiger partial charge in [-0.2, -0.15) is 0 Å². The summed E-state index contributed by atoms with van der Waals surface area (Å²) in [5, 5.41) is 4.07. The Kier molecular flexibility index (Phi) is 11.3. The van der Waals surface area contributed by atoms with E-state index < -0.39 is 28.5 Å². The zero-order valence-electron chi connectivity index (χ0n) is 26.5. The van der Waals surface area contributed by atoms with E-state index in [2.05, 4.69) is 5.32 Å². The lowest BCUT2D eigenvalue weighted by atomic mass is 10.0. The van der Waals surface area contributed by atoms with Crippen molar-refractivity contribution in [1.82, 2.24) is 10.2 Å². The van der Waals surface area contributed by atoms with E-state index in [4.69, 9.17) is 23.2 Å². The molecule has 0 aliphatic heterocycles. The van der Waals surface area contributed by atoms with Crippen LogP contribution in [0.5, 0.6) is 0 Å². The van der Waals surface area contributed by atoms with Crippen LogP contribution in [-0.4, -0.2) is 43.8 Å². The number of halogens is 2. The summed E-state index contributed by atoms with van der Waals surface area (Å²) in [4.78, 5) is 30.4. The minimum absolute atomic E-state index is 0.00606. The second kappa shape index (κ2) is 15.4. The molecule has 1 unspecified atom stereocenters. The van der Waals surface area contributed by atoms with Crippen LogP contribution in [-0.2, 0) is 32.6 Å². The van der Waals surface area contributed by atoms with E-state index >= 15 is 0 Å². The van der Waals surface area contributed by atoms with Gasteiger partial charge in [0.1, 0.15) is 12.6 Å². The van der Waals surface area contributed by atoms with Crippen LogP contribution in [0.25, 0.3) is 0 Å². The number of carbonyl (C=O) groups excluding carboxylic acids is 2. The van der Waals surface area contributed by atoms with Crippen molar-refractivity contribution in [2.75, 3.05) is 10.8 Å². The predicted octanol–water partition coefficient (Wildman–Crippen LogP) is 7.50. The zero-order chi connectivity index (χ0) is 33.6. The molecule has 5 rings (SSSR count). The highest BCUT2D eigenvalue weighted by atomic mass is 35.5. The molecule has 4 aromatic carbocycles. The van der Waals surface area contributed by atoms with Crippen LogP contribution in [0.4, 0.5) is 5.69 Å². The highest BCUT2D eigenvalue weighted by Crippen LogP contribution is 2.30. The highest BCUT2D eigenvalue weighted by Gasteiger charge is 2.36. The summed E-state index contributed by atoms with van der Waals surface area (Å²) in [5.41, 5.74) is 3.31. The first-order chi connectivity index (χ1) is 22.5. The van der Waals surface area contributed by atoms with Crippen molar-refractivity contribution in [2.24, 2.45) is 0 Å². The number of nitrogens with one attached hydrogen (secondary N) is 1. The lowest BCUT2D eigenvalue weighted by Crippen LogP contribution is -2.54. The molecule has 2 amide bonds. The SMILES string of the molecule is Cc1ccc(S(=O)(=O)N(CC(=O)N(Cc2ccccc2Cl)C(Cc2ccccc2)C(=O)NC2CCCC2)c2ccc(Cl)cc2C)cc1. The lowest BCUT2D eigenvalue weighted by molar-refractivity contribution is -0.140. The molecule has 0 aromatic heterocycles. The first kappa shape index (κ1) is 34.5. The number of hydrogen-bond donors (Lipinski definition) is 1. The summed E-state index contributed by atoms with van der Waals surface area (Å²) in [6, 6.07) is 27.1. The number of hydrogen-bond acceptors (Lipinski definition) is 4. The number of aryl methyl sites for hydroxylation is 2. The molecule has 1 atom stereocenters. The number of nitrogens with zero attached hydrogens (tertiary/aromatic N) is 2. The van der Waals surface area contributed by atoms with Crippen LogP contribution < -0.4 is 9.62 Å². The second-order valence-electron chi connectivity index (χ2n) is 12.1. The minimum Gasteiger partial charge on any atom is -0.352 e. The van der Waals surface area contributed by atoms with Gasteiger partial charge in [0.05, 0.1) is 10.6 Å². The second-order valence-corrected chi connectivity index (χ2v) is 14.8. The van der Waals surface area contributed by atoms with E-state index in [0.717, 1.165) is 41.1 Å². The molecule has 10 heteroatoms. The van der Waals surface area contributed by atoms with Crippen LogP contribution in [0.2, 0.25) is 10.0 Å². The Morgan fingerprint density at radius 1 is 0.872 bits per heavy atom. The maximum absolute atomic E-state index is 14.7. The highest BCUT2D eigenvalue weighted by molar-refractivity contribution is 7.92. The molecule has 0 radical (unpaired) electrons. The fourth-order valence-electron chi connectivity index (χ4n) is 5.98. The average molecular weight is 693 g/mol. The summed E-state index contributed by atoms with van der Waals surface area (Å²) in [6.45, 7) is 3.08. The van der Waals surface area contributed by atoms with Gasteiger partial charge in [-0.3, -0.25) is 13.9 Å². The number of benzene rings is 4. The van der Waals surface area contributed by atoms with Gasteiger partial charge in [-0.25, -0.2) is 8.42 Å². The van der Waals surface area contributed by atoms with Gasteiger partial charge in [0.2, 0.25) is 11.8 Å². The number of anilines is 1. The van der Waals surface area contributed by atoms with E-state index in [9.17, 15) is 18.0 Å². The largest absolute Gasteiger partial charge is 0.352 e. The van der Waals surface area contributed by atoms with E-state index in [1.54, 1.807) is 55.5 Å². The molecule has 47 heavy (non-hydrogen) atoms. The average Bonchev–Trinajstić information content (AvgIpc) is 3.56. The van der Waals surface area contributed by atoms with Crippen molar-refractivity contribution in [3.63, 3.8) is 0 Å². The molecule has 1 N–H and O–H groups in total. The summed E-state index contributed by atoms with van der Waals surface area (Å²) in [6.07, 6.45) is 4.05. The van der Waals surface area contributed by atoms with Gasteiger partial charge < -0.3 is 10.2 Å². The van der Waals surface area contributed by atoms with Crippen LogP contribution in [0, 0.1) is 13.8 Å². The number of amides is 2. The molecule has 0 bridgehead atoms. The summed E-state index contributed by atoms with van der Waals surface area (Å²) in [7, 11) is -4.22. The summed E-state index contributed by atoms with van der Waals surface area (Å²) >= 11 is 12.9. The topological polar surface area (TPSA) is 86.8 Å². The Balaban J connectivity index is 1.59. The third kappa shape index (κ3) is 8.55. The van der Waals surface area contributed by atoms with Crippen molar-refractivity contribution in [3.8, 4) is 0 Å². The Labute approximate surface area is 287 Å². The lowest BCUT2D eigenvalue weighted by Gasteiger charge is -2.35. The number of sulfonamides is 1.